The number of aliphatic hydroxyl groups excluding tert-OH is 1. The molecule has 4 rings (SSSR count). The molecule has 0 aromatic heterocycles. The van der Waals surface area contributed by atoms with Crippen molar-refractivity contribution in [1.82, 2.24) is 0 Å². The Morgan fingerprint density at radius 2 is 1.73 bits per heavy atom. The van der Waals surface area contributed by atoms with Crippen LogP contribution in [-0.4, -0.2) is 11.2 Å². The van der Waals surface area contributed by atoms with E-state index >= 15 is 0 Å². The fourth-order valence-corrected chi connectivity index (χ4v) is 5.25. The lowest BCUT2D eigenvalue weighted by molar-refractivity contribution is -0.231. The molecule has 4 aliphatic carbocycles. The van der Waals surface area contributed by atoms with E-state index in [4.69, 9.17) is 0 Å². The Labute approximate surface area is 93.3 Å². The Kier molecular flexibility index (Phi) is 1.89. The molecular formula is C14H24O. The molecule has 0 unspecified atom stereocenters. The first-order valence-corrected chi connectivity index (χ1v) is 6.67. The van der Waals surface area contributed by atoms with Gasteiger partial charge in [0.1, 0.15) is 0 Å². The summed E-state index contributed by atoms with van der Waals surface area (Å²) < 4.78 is 0. The normalized spacial score (nSPS) is 63.2. The van der Waals surface area contributed by atoms with Crippen molar-refractivity contribution >= 4 is 0 Å². The molecule has 1 heteroatoms. The highest BCUT2D eigenvalue weighted by Gasteiger charge is 2.64. The van der Waals surface area contributed by atoms with Crippen molar-refractivity contribution in [3.8, 4) is 0 Å². The first-order chi connectivity index (χ1) is 6.99. The van der Waals surface area contributed by atoms with Gasteiger partial charge < -0.3 is 5.11 Å². The SMILES string of the molecule is C[C@H]1CC[C@@]2(C)[C@@H](O)[C@H]3CC[C@@]2(C)[C@H]1C3. The molecule has 6 atom stereocenters. The van der Waals surface area contributed by atoms with E-state index in [0.717, 1.165) is 11.8 Å². The zero-order valence-corrected chi connectivity index (χ0v) is 10.3. The van der Waals surface area contributed by atoms with Crippen LogP contribution < -0.4 is 0 Å². The van der Waals surface area contributed by atoms with Crippen molar-refractivity contribution in [2.45, 2.75) is 59.0 Å². The molecule has 0 radical (unpaired) electrons. The minimum Gasteiger partial charge on any atom is -0.392 e. The third-order valence-electron chi connectivity index (χ3n) is 6.62. The molecule has 0 aromatic carbocycles. The first-order valence-electron chi connectivity index (χ1n) is 6.67. The molecule has 0 spiro atoms. The fraction of sp³-hybridized carbons (Fsp3) is 1.00. The Balaban J connectivity index is 2.07. The van der Waals surface area contributed by atoms with Crippen molar-refractivity contribution < 1.29 is 5.11 Å². The number of rotatable bonds is 0. The minimum atomic E-state index is -0.0139. The topological polar surface area (TPSA) is 20.2 Å². The van der Waals surface area contributed by atoms with Crippen LogP contribution in [0, 0.1) is 28.6 Å². The maximum absolute atomic E-state index is 10.5. The second kappa shape index (κ2) is 2.80. The van der Waals surface area contributed by atoms with Gasteiger partial charge in [-0.2, -0.15) is 0 Å². The second-order valence-corrected chi connectivity index (χ2v) is 6.94. The average molecular weight is 208 g/mol. The highest BCUT2D eigenvalue weighted by atomic mass is 16.3. The lowest BCUT2D eigenvalue weighted by atomic mass is 9.38. The lowest BCUT2D eigenvalue weighted by Gasteiger charge is -2.68. The maximum atomic E-state index is 10.5. The van der Waals surface area contributed by atoms with Crippen LogP contribution in [0.1, 0.15) is 52.9 Å². The summed E-state index contributed by atoms with van der Waals surface area (Å²) in [5.41, 5.74) is 0.657. The van der Waals surface area contributed by atoms with Crippen LogP contribution in [0.3, 0.4) is 0 Å². The molecule has 4 bridgehead atoms. The molecule has 0 aromatic rings. The predicted molar refractivity (Wildman–Crippen MR) is 61.4 cm³/mol. The van der Waals surface area contributed by atoms with Crippen LogP contribution in [0.2, 0.25) is 0 Å². The predicted octanol–water partition coefficient (Wildman–Crippen LogP) is 3.22. The molecule has 0 aliphatic heterocycles. The third kappa shape index (κ3) is 0.988. The standard InChI is InChI=1S/C14H24O/c1-9-4-6-14(3)12(15)10-5-7-13(14,2)11(9)8-10/h9-12,15H,4-8H2,1-3H3/t9-,10-,11-,12-,13-,14-/m0/s1. The molecule has 1 nitrogen and oxygen atoms in total. The quantitative estimate of drug-likeness (QED) is 0.648. The number of hydrogen-bond donors (Lipinski definition) is 1. The van der Waals surface area contributed by atoms with Gasteiger partial charge in [-0.1, -0.05) is 20.8 Å². The zero-order chi connectivity index (χ0) is 10.8. The molecular weight excluding hydrogens is 184 g/mol. The van der Waals surface area contributed by atoms with Gasteiger partial charge in [0.05, 0.1) is 6.10 Å². The largest absolute Gasteiger partial charge is 0.392 e. The highest BCUT2D eigenvalue weighted by Crippen LogP contribution is 2.69. The van der Waals surface area contributed by atoms with Gasteiger partial charge in [-0.05, 0) is 60.7 Å². The average Bonchev–Trinajstić information content (AvgIpc) is 2.21. The van der Waals surface area contributed by atoms with E-state index in [1.807, 2.05) is 0 Å². The first kappa shape index (κ1) is 10.1. The van der Waals surface area contributed by atoms with E-state index in [-0.39, 0.29) is 11.5 Å². The van der Waals surface area contributed by atoms with Gasteiger partial charge >= 0.3 is 0 Å². The molecule has 15 heavy (non-hydrogen) atoms. The summed E-state index contributed by atoms with van der Waals surface area (Å²) >= 11 is 0. The smallest absolute Gasteiger partial charge is 0.0627 e. The zero-order valence-electron chi connectivity index (χ0n) is 10.3. The van der Waals surface area contributed by atoms with Crippen molar-refractivity contribution in [3.05, 3.63) is 0 Å². The van der Waals surface area contributed by atoms with E-state index in [2.05, 4.69) is 20.8 Å². The Morgan fingerprint density at radius 1 is 1.07 bits per heavy atom. The molecule has 86 valence electrons. The van der Waals surface area contributed by atoms with Crippen LogP contribution in [0.5, 0.6) is 0 Å². The molecule has 4 aliphatic rings. The van der Waals surface area contributed by atoms with Crippen LogP contribution in [-0.2, 0) is 0 Å². The molecule has 4 fully saturated rings. The van der Waals surface area contributed by atoms with Gasteiger partial charge in [-0.3, -0.25) is 0 Å². The molecule has 0 heterocycles. The van der Waals surface area contributed by atoms with E-state index in [0.29, 0.717) is 11.3 Å². The summed E-state index contributed by atoms with van der Waals surface area (Å²) in [6.45, 7) is 7.26. The van der Waals surface area contributed by atoms with Gasteiger partial charge in [0.25, 0.3) is 0 Å². The van der Waals surface area contributed by atoms with Crippen LogP contribution in [0.4, 0.5) is 0 Å². The van der Waals surface area contributed by atoms with Gasteiger partial charge in [0.15, 0.2) is 0 Å². The van der Waals surface area contributed by atoms with Crippen molar-refractivity contribution in [2.24, 2.45) is 28.6 Å². The molecule has 0 amide bonds. The van der Waals surface area contributed by atoms with Crippen LogP contribution in [0.25, 0.3) is 0 Å². The Bertz CT molecular complexity index is 287. The Hall–Kier alpha value is -0.0400. The van der Waals surface area contributed by atoms with E-state index in [1.165, 1.54) is 32.1 Å². The van der Waals surface area contributed by atoms with E-state index in [9.17, 15) is 5.11 Å². The van der Waals surface area contributed by atoms with Gasteiger partial charge in [0, 0.05) is 0 Å². The summed E-state index contributed by atoms with van der Waals surface area (Å²) in [7, 11) is 0. The van der Waals surface area contributed by atoms with Crippen molar-refractivity contribution in [1.29, 1.82) is 0 Å². The minimum absolute atomic E-state index is 0.0139. The van der Waals surface area contributed by atoms with Crippen LogP contribution in [0.15, 0.2) is 0 Å². The molecule has 0 saturated heterocycles. The summed E-state index contributed by atoms with van der Waals surface area (Å²) in [4.78, 5) is 0. The number of fused-ring (bicyclic) bond motifs is 1. The van der Waals surface area contributed by atoms with Gasteiger partial charge in [-0.15, -0.1) is 0 Å². The fourth-order valence-electron chi connectivity index (χ4n) is 5.25. The van der Waals surface area contributed by atoms with E-state index in [1.54, 1.807) is 0 Å². The van der Waals surface area contributed by atoms with Gasteiger partial charge in [0.2, 0.25) is 0 Å². The van der Waals surface area contributed by atoms with Crippen molar-refractivity contribution in [2.75, 3.05) is 0 Å². The lowest BCUT2D eigenvalue weighted by Crippen LogP contribution is -2.64. The summed E-state index contributed by atoms with van der Waals surface area (Å²) in [5.74, 6) is 2.39. The number of aliphatic hydroxyl groups is 1. The van der Waals surface area contributed by atoms with Crippen LogP contribution >= 0.6 is 0 Å². The molecule has 1 N–H and O–H groups in total. The Morgan fingerprint density at radius 3 is 2.47 bits per heavy atom. The van der Waals surface area contributed by atoms with Crippen molar-refractivity contribution in [3.63, 3.8) is 0 Å². The maximum Gasteiger partial charge on any atom is 0.0627 e. The summed E-state index contributed by atoms with van der Waals surface area (Å²) in [6.07, 6.45) is 6.50. The van der Waals surface area contributed by atoms with E-state index < -0.39 is 0 Å². The van der Waals surface area contributed by atoms with Gasteiger partial charge in [-0.25, -0.2) is 0 Å². The summed E-state index contributed by atoms with van der Waals surface area (Å²) in [6, 6.07) is 0. The second-order valence-electron chi connectivity index (χ2n) is 6.94. The summed E-state index contributed by atoms with van der Waals surface area (Å²) in [5, 5.41) is 10.5. The molecule has 4 saturated carbocycles. The highest BCUT2D eigenvalue weighted by molar-refractivity contribution is 5.13. The number of hydrogen-bond acceptors (Lipinski definition) is 1. The third-order valence-corrected chi connectivity index (χ3v) is 6.62. The monoisotopic (exact) mass is 208 g/mol.